The Morgan fingerprint density at radius 2 is 2.15 bits per heavy atom. The molecule has 0 bridgehead atoms. The van der Waals surface area contributed by atoms with Crippen LogP contribution in [0.5, 0.6) is 0 Å². The van der Waals surface area contributed by atoms with E-state index in [4.69, 9.17) is 5.11 Å². The molecule has 20 heavy (non-hydrogen) atoms. The van der Waals surface area contributed by atoms with Gasteiger partial charge in [0.2, 0.25) is 0 Å². The zero-order chi connectivity index (χ0) is 14.7. The van der Waals surface area contributed by atoms with Crippen LogP contribution in [0.25, 0.3) is 10.2 Å². The van der Waals surface area contributed by atoms with E-state index in [1.807, 2.05) is 18.2 Å². The lowest BCUT2D eigenvalue weighted by Gasteiger charge is -2.11. The van der Waals surface area contributed by atoms with Gasteiger partial charge in [-0.15, -0.1) is 11.3 Å². The molecule has 0 saturated heterocycles. The first-order valence-electron chi connectivity index (χ1n) is 6.58. The van der Waals surface area contributed by atoms with Crippen molar-refractivity contribution in [3.05, 3.63) is 23.2 Å². The summed E-state index contributed by atoms with van der Waals surface area (Å²) in [6.45, 7) is 5.88. The van der Waals surface area contributed by atoms with Gasteiger partial charge >= 0.3 is 6.03 Å². The largest absolute Gasteiger partial charge is 0.394 e. The van der Waals surface area contributed by atoms with Crippen LogP contribution in [0.4, 0.5) is 10.5 Å². The van der Waals surface area contributed by atoms with Gasteiger partial charge in [-0.05, 0) is 25.1 Å². The van der Waals surface area contributed by atoms with Gasteiger partial charge in [-0.25, -0.2) is 9.78 Å². The maximum atomic E-state index is 11.7. The van der Waals surface area contributed by atoms with E-state index in [2.05, 4.69) is 29.5 Å². The van der Waals surface area contributed by atoms with Crippen molar-refractivity contribution in [2.24, 2.45) is 0 Å². The number of aromatic nitrogens is 1. The van der Waals surface area contributed by atoms with Gasteiger partial charge in [0.1, 0.15) is 0 Å². The number of rotatable bonds is 4. The maximum absolute atomic E-state index is 11.7. The summed E-state index contributed by atoms with van der Waals surface area (Å²) < 4.78 is 1.06. The lowest BCUT2D eigenvalue weighted by Crippen LogP contribution is -2.38. The standard InChI is InChI=1S/C14H19N3O2S/c1-8(2)13-17-11-5-4-10(6-12(11)20-13)16-14(19)15-9(3)7-18/h4-6,8-9,18H,7H2,1-3H3,(H2,15,16,19)/t9-/m0/s1. The van der Waals surface area contributed by atoms with Crippen molar-refractivity contribution in [3.8, 4) is 0 Å². The van der Waals surface area contributed by atoms with Crippen molar-refractivity contribution in [1.29, 1.82) is 0 Å². The summed E-state index contributed by atoms with van der Waals surface area (Å²) >= 11 is 1.64. The van der Waals surface area contributed by atoms with Crippen LogP contribution in [0.3, 0.4) is 0 Å². The van der Waals surface area contributed by atoms with Crippen LogP contribution >= 0.6 is 11.3 Å². The van der Waals surface area contributed by atoms with Crippen molar-refractivity contribution < 1.29 is 9.90 Å². The Balaban J connectivity index is 2.13. The number of benzene rings is 1. The van der Waals surface area contributed by atoms with Crippen molar-refractivity contribution in [3.63, 3.8) is 0 Å². The molecule has 1 heterocycles. The second kappa shape index (κ2) is 6.19. The molecule has 1 aromatic heterocycles. The zero-order valence-electron chi connectivity index (χ0n) is 11.8. The highest BCUT2D eigenvalue weighted by Gasteiger charge is 2.10. The highest BCUT2D eigenvalue weighted by atomic mass is 32.1. The maximum Gasteiger partial charge on any atom is 0.319 e. The van der Waals surface area contributed by atoms with E-state index >= 15 is 0 Å². The number of carbonyl (C=O) groups is 1. The number of nitrogens with zero attached hydrogens (tertiary/aromatic N) is 1. The van der Waals surface area contributed by atoms with E-state index in [0.717, 1.165) is 20.9 Å². The van der Waals surface area contributed by atoms with Crippen LogP contribution in [0.1, 0.15) is 31.7 Å². The minimum Gasteiger partial charge on any atom is -0.394 e. The summed E-state index contributed by atoms with van der Waals surface area (Å²) in [5, 5.41) is 15.4. The minimum absolute atomic E-state index is 0.0843. The van der Waals surface area contributed by atoms with E-state index in [1.165, 1.54) is 0 Å². The van der Waals surface area contributed by atoms with Crippen LogP contribution in [-0.2, 0) is 0 Å². The third-order valence-electron chi connectivity index (χ3n) is 2.81. The molecule has 2 amide bonds. The lowest BCUT2D eigenvalue weighted by atomic mass is 10.2. The van der Waals surface area contributed by atoms with Gasteiger partial charge in [-0.1, -0.05) is 13.8 Å². The molecular formula is C14H19N3O2S. The number of hydrogen-bond donors (Lipinski definition) is 3. The number of anilines is 1. The van der Waals surface area contributed by atoms with Crippen LogP contribution in [0, 0.1) is 0 Å². The number of urea groups is 1. The molecule has 6 heteroatoms. The molecule has 0 aliphatic carbocycles. The number of aliphatic hydroxyl groups excluding tert-OH is 1. The minimum atomic E-state index is -0.320. The average Bonchev–Trinajstić information content (AvgIpc) is 2.81. The molecule has 5 nitrogen and oxygen atoms in total. The van der Waals surface area contributed by atoms with E-state index in [1.54, 1.807) is 18.3 Å². The van der Waals surface area contributed by atoms with Crippen LogP contribution in [-0.4, -0.2) is 28.8 Å². The molecule has 1 aromatic carbocycles. The molecule has 0 aliphatic rings. The lowest BCUT2D eigenvalue weighted by molar-refractivity contribution is 0.229. The number of amides is 2. The van der Waals surface area contributed by atoms with Gasteiger partial charge in [-0.3, -0.25) is 0 Å². The Hall–Kier alpha value is -1.66. The normalized spacial score (nSPS) is 12.7. The van der Waals surface area contributed by atoms with Crippen LogP contribution in [0.15, 0.2) is 18.2 Å². The smallest absolute Gasteiger partial charge is 0.319 e. The summed E-state index contributed by atoms with van der Waals surface area (Å²) in [4.78, 5) is 16.2. The van der Waals surface area contributed by atoms with E-state index in [0.29, 0.717) is 5.92 Å². The van der Waals surface area contributed by atoms with Gasteiger partial charge in [0, 0.05) is 11.6 Å². The number of aliphatic hydroxyl groups is 1. The van der Waals surface area contributed by atoms with Crippen molar-refractivity contribution >= 4 is 33.3 Å². The number of nitrogens with one attached hydrogen (secondary N) is 2. The average molecular weight is 293 g/mol. The van der Waals surface area contributed by atoms with Gasteiger partial charge in [-0.2, -0.15) is 0 Å². The molecule has 1 atom stereocenters. The third kappa shape index (κ3) is 3.46. The predicted octanol–water partition coefficient (Wildman–Crippen LogP) is 2.92. The fourth-order valence-corrected chi connectivity index (χ4v) is 2.71. The quantitative estimate of drug-likeness (QED) is 0.811. The van der Waals surface area contributed by atoms with E-state index in [9.17, 15) is 4.79 Å². The molecule has 3 N–H and O–H groups in total. The fraction of sp³-hybridized carbons (Fsp3) is 0.429. The first-order chi connectivity index (χ1) is 9.49. The molecule has 0 aliphatic heterocycles. The molecule has 2 aromatic rings. The van der Waals surface area contributed by atoms with Gasteiger partial charge in [0.05, 0.1) is 27.9 Å². The zero-order valence-corrected chi connectivity index (χ0v) is 12.6. The topological polar surface area (TPSA) is 74.2 Å². The number of fused-ring (bicyclic) bond motifs is 1. The van der Waals surface area contributed by atoms with E-state index in [-0.39, 0.29) is 18.7 Å². The van der Waals surface area contributed by atoms with Gasteiger partial charge in [0.25, 0.3) is 0 Å². The Morgan fingerprint density at radius 3 is 2.80 bits per heavy atom. The fourth-order valence-electron chi connectivity index (χ4n) is 1.70. The first-order valence-corrected chi connectivity index (χ1v) is 7.40. The summed E-state index contributed by atoms with van der Waals surface area (Å²) in [5.74, 6) is 0.400. The molecule has 2 rings (SSSR count). The highest BCUT2D eigenvalue weighted by molar-refractivity contribution is 7.18. The molecule has 0 unspecified atom stereocenters. The van der Waals surface area contributed by atoms with Crippen molar-refractivity contribution in [1.82, 2.24) is 10.3 Å². The second-order valence-corrected chi connectivity index (χ2v) is 6.13. The molecular weight excluding hydrogens is 274 g/mol. The van der Waals surface area contributed by atoms with Crippen LogP contribution < -0.4 is 10.6 Å². The Morgan fingerprint density at radius 1 is 1.40 bits per heavy atom. The molecule has 0 saturated carbocycles. The molecule has 0 spiro atoms. The monoisotopic (exact) mass is 293 g/mol. The second-order valence-electron chi connectivity index (χ2n) is 5.07. The SMILES string of the molecule is CC(C)c1nc2ccc(NC(=O)N[C@@H](C)CO)cc2s1. The molecule has 108 valence electrons. The molecule has 0 fully saturated rings. The molecule has 0 radical (unpaired) electrons. The predicted molar refractivity (Wildman–Crippen MR) is 82.4 cm³/mol. The summed E-state index contributed by atoms with van der Waals surface area (Å²) in [6, 6.07) is 5.06. The summed E-state index contributed by atoms with van der Waals surface area (Å²) in [5.41, 5.74) is 1.67. The highest BCUT2D eigenvalue weighted by Crippen LogP contribution is 2.29. The van der Waals surface area contributed by atoms with Crippen molar-refractivity contribution in [2.75, 3.05) is 11.9 Å². The van der Waals surface area contributed by atoms with Crippen LogP contribution in [0.2, 0.25) is 0 Å². The number of hydrogen-bond acceptors (Lipinski definition) is 4. The number of thiazole rings is 1. The number of carbonyl (C=O) groups excluding carboxylic acids is 1. The third-order valence-corrected chi connectivity index (χ3v) is 4.13. The van der Waals surface area contributed by atoms with Gasteiger partial charge < -0.3 is 15.7 Å². The first kappa shape index (κ1) is 14.7. The summed E-state index contributed by atoms with van der Waals surface area (Å²) in [7, 11) is 0. The Bertz CT molecular complexity index is 609. The Kier molecular flexibility index (Phi) is 4.57. The summed E-state index contributed by atoms with van der Waals surface area (Å²) in [6.07, 6.45) is 0. The Labute approximate surface area is 122 Å². The van der Waals surface area contributed by atoms with E-state index < -0.39 is 0 Å². The van der Waals surface area contributed by atoms with Crippen molar-refractivity contribution in [2.45, 2.75) is 32.7 Å². The van der Waals surface area contributed by atoms with Gasteiger partial charge in [0.15, 0.2) is 0 Å².